The highest BCUT2D eigenvalue weighted by Crippen LogP contribution is 2.11. The van der Waals surface area contributed by atoms with Gasteiger partial charge in [-0.15, -0.1) is 4.68 Å². The highest BCUT2D eigenvalue weighted by Gasteiger charge is 2.28. The van der Waals surface area contributed by atoms with Crippen LogP contribution in [0.4, 0.5) is 13.2 Å². The van der Waals surface area contributed by atoms with Crippen LogP contribution < -0.4 is 9.79 Å². The molecule has 0 amide bonds. The smallest absolute Gasteiger partial charge is 0.430 e. The summed E-state index contributed by atoms with van der Waals surface area (Å²) in [4.78, 5) is 8.78. The van der Waals surface area contributed by atoms with Gasteiger partial charge >= 0.3 is 6.18 Å². The fourth-order valence-corrected chi connectivity index (χ4v) is 0.584. The van der Waals surface area contributed by atoms with Crippen LogP contribution in [0.2, 0.25) is 0 Å². The number of nitrogens with one attached hydrogen (secondary N) is 1. The number of H-pyrrole nitrogens is 1. The molecule has 0 aromatic carbocycles. The Morgan fingerprint density at radius 2 is 2.00 bits per heavy atom. The Morgan fingerprint density at radius 3 is 2.07 bits per heavy atom. The van der Waals surface area contributed by atoms with Crippen molar-refractivity contribution >= 4 is 5.97 Å². The molecule has 0 unspecified atom stereocenters. The van der Waals surface area contributed by atoms with E-state index in [0.717, 1.165) is 0 Å². The zero-order valence-corrected chi connectivity index (χ0v) is 7.55. The summed E-state index contributed by atoms with van der Waals surface area (Å²) in [7, 11) is 1.97. The lowest BCUT2D eigenvalue weighted by atomic mass is 10.4. The summed E-state index contributed by atoms with van der Waals surface area (Å²) < 4.78 is 33.5. The second kappa shape index (κ2) is 4.64. The van der Waals surface area contributed by atoms with Gasteiger partial charge in [0.25, 0.3) is 0 Å². The molecule has 4 nitrogen and oxygen atoms in total. The predicted octanol–water partition coefficient (Wildman–Crippen LogP) is -0.554. The Hall–Kier alpha value is -1.53. The quantitative estimate of drug-likeness (QED) is 0.584. The number of rotatable bonds is 0. The highest BCUT2D eigenvalue weighted by atomic mass is 19.4. The summed E-state index contributed by atoms with van der Waals surface area (Å²) in [5, 5.41) is 11.8. The van der Waals surface area contributed by atoms with Crippen molar-refractivity contribution in [2.24, 2.45) is 7.05 Å². The molecule has 0 aliphatic rings. The van der Waals surface area contributed by atoms with Gasteiger partial charge < -0.3 is 9.90 Å². The maximum atomic E-state index is 10.5. The molecule has 14 heavy (non-hydrogen) atoms. The molecule has 80 valence electrons. The predicted molar refractivity (Wildman–Crippen MR) is 37.8 cm³/mol. The molecule has 0 saturated heterocycles. The van der Waals surface area contributed by atoms with Gasteiger partial charge in [0, 0.05) is 5.56 Å². The summed E-state index contributed by atoms with van der Waals surface area (Å²) >= 11 is 0. The summed E-state index contributed by atoms with van der Waals surface area (Å²) in [5.41, 5.74) is 1.27. The third kappa shape index (κ3) is 5.18. The first-order valence-electron chi connectivity index (χ1n) is 3.52. The lowest BCUT2D eigenvalue weighted by Gasteiger charge is -2.03. The number of carboxylic acids is 1. The van der Waals surface area contributed by atoms with E-state index in [4.69, 9.17) is 9.90 Å². The van der Waals surface area contributed by atoms with Crippen LogP contribution >= 0.6 is 0 Å². The van der Waals surface area contributed by atoms with E-state index in [1.165, 1.54) is 5.56 Å². The molecule has 1 aromatic heterocycles. The largest absolute Gasteiger partial charge is 0.542 e. The fraction of sp³-hybridized carbons (Fsp3) is 0.429. The first kappa shape index (κ1) is 12.5. The Morgan fingerprint density at radius 1 is 1.57 bits per heavy atom. The summed E-state index contributed by atoms with van der Waals surface area (Å²) in [6.07, 6.45) is -1.21. The van der Waals surface area contributed by atoms with Crippen molar-refractivity contribution in [3.05, 3.63) is 18.0 Å². The molecule has 0 radical (unpaired) electrons. The van der Waals surface area contributed by atoms with Crippen molar-refractivity contribution in [2.75, 3.05) is 0 Å². The zero-order valence-electron chi connectivity index (χ0n) is 7.55. The third-order valence-electron chi connectivity index (χ3n) is 1.12. The van der Waals surface area contributed by atoms with Crippen LogP contribution in [-0.2, 0) is 11.8 Å². The number of aromatic nitrogens is 2. The van der Waals surface area contributed by atoms with Crippen molar-refractivity contribution in [2.45, 2.75) is 13.1 Å². The molecule has 0 bridgehead atoms. The molecule has 1 aromatic rings. The summed E-state index contributed by atoms with van der Waals surface area (Å²) in [6.45, 7) is 2.05. The van der Waals surface area contributed by atoms with Gasteiger partial charge in [0.05, 0.1) is 6.20 Å². The molecule has 1 rings (SSSR count). The first-order chi connectivity index (χ1) is 6.23. The topological polar surface area (TPSA) is 59.8 Å². The van der Waals surface area contributed by atoms with Crippen LogP contribution in [0, 0.1) is 6.92 Å². The van der Waals surface area contributed by atoms with E-state index in [1.807, 2.05) is 24.1 Å². The Balaban J connectivity index is 0.000000241. The number of aliphatic carboxylic acids is 1. The monoisotopic (exact) mass is 210 g/mol. The van der Waals surface area contributed by atoms with Gasteiger partial charge in [-0.25, -0.2) is 0 Å². The summed E-state index contributed by atoms with van der Waals surface area (Å²) in [6, 6.07) is 0. The average molecular weight is 210 g/mol. The van der Waals surface area contributed by atoms with Gasteiger partial charge in [-0.3, -0.25) is 0 Å². The van der Waals surface area contributed by atoms with E-state index >= 15 is 0 Å². The van der Waals surface area contributed by atoms with Gasteiger partial charge in [0.2, 0.25) is 0 Å². The lowest BCUT2D eigenvalue weighted by Crippen LogP contribution is -2.37. The number of hydrogen-bond donors (Lipinski definition) is 1. The van der Waals surface area contributed by atoms with Gasteiger partial charge in [-0.05, 0) is 6.92 Å². The van der Waals surface area contributed by atoms with Crippen molar-refractivity contribution in [1.82, 2.24) is 5.10 Å². The number of aryl methyl sites for hydroxylation is 2. The number of hydrogen-bond acceptors (Lipinski definition) is 2. The number of aromatic amines is 1. The van der Waals surface area contributed by atoms with Crippen LogP contribution in [0.25, 0.3) is 0 Å². The highest BCUT2D eigenvalue weighted by molar-refractivity contribution is 5.70. The molecular formula is C7H9F3N2O2. The maximum absolute atomic E-state index is 10.5. The SMILES string of the molecule is Cc1c[nH][n+](C)c1.O=C([O-])C(F)(F)F. The number of nitrogens with zero attached hydrogens (tertiary/aromatic N) is 1. The van der Waals surface area contributed by atoms with E-state index in [9.17, 15) is 13.2 Å². The minimum Gasteiger partial charge on any atom is -0.542 e. The van der Waals surface area contributed by atoms with Crippen molar-refractivity contribution in [3.63, 3.8) is 0 Å². The number of carboxylic acid groups (broad SMARTS) is 1. The molecule has 0 fully saturated rings. The van der Waals surface area contributed by atoms with Crippen LogP contribution in [0.5, 0.6) is 0 Å². The molecule has 1 N–H and O–H groups in total. The molecule has 1 heterocycles. The van der Waals surface area contributed by atoms with E-state index < -0.39 is 12.1 Å². The summed E-state index contributed by atoms with van der Waals surface area (Å²) in [5.74, 6) is -3.01. The van der Waals surface area contributed by atoms with Gasteiger partial charge in [-0.2, -0.15) is 18.3 Å². The molecule has 0 saturated carbocycles. The third-order valence-corrected chi connectivity index (χ3v) is 1.12. The van der Waals surface area contributed by atoms with Crippen LogP contribution in [-0.4, -0.2) is 17.2 Å². The molecule has 0 atom stereocenters. The Labute approximate surface area is 78.0 Å². The second-order valence-electron chi connectivity index (χ2n) is 2.54. The molecule has 0 spiro atoms. The van der Waals surface area contributed by atoms with E-state index in [2.05, 4.69) is 12.0 Å². The fourth-order valence-electron chi connectivity index (χ4n) is 0.584. The minimum atomic E-state index is -5.19. The molecule has 0 aliphatic carbocycles. The normalized spacial score (nSPS) is 10.4. The van der Waals surface area contributed by atoms with E-state index in [0.29, 0.717) is 0 Å². The number of halogens is 3. The first-order valence-corrected chi connectivity index (χ1v) is 3.52. The Bertz CT molecular complexity index is 290. The van der Waals surface area contributed by atoms with Gasteiger partial charge in [-0.1, -0.05) is 0 Å². The van der Waals surface area contributed by atoms with Crippen molar-refractivity contribution in [1.29, 1.82) is 0 Å². The van der Waals surface area contributed by atoms with E-state index in [-0.39, 0.29) is 0 Å². The van der Waals surface area contributed by atoms with Crippen molar-refractivity contribution < 1.29 is 27.8 Å². The minimum absolute atomic E-state index is 1.27. The second-order valence-corrected chi connectivity index (χ2v) is 2.54. The van der Waals surface area contributed by atoms with Crippen molar-refractivity contribution in [3.8, 4) is 0 Å². The number of alkyl halides is 3. The van der Waals surface area contributed by atoms with Crippen LogP contribution in [0.15, 0.2) is 12.4 Å². The van der Waals surface area contributed by atoms with Crippen LogP contribution in [0.3, 0.4) is 0 Å². The van der Waals surface area contributed by atoms with Crippen LogP contribution in [0.1, 0.15) is 5.56 Å². The molecule has 7 heteroatoms. The lowest BCUT2D eigenvalue weighted by molar-refractivity contribution is -0.726. The zero-order chi connectivity index (χ0) is 11.4. The average Bonchev–Trinajstić information content (AvgIpc) is 2.33. The number of carbonyl (C=O) groups excluding carboxylic acids is 1. The maximum Gasteiger partial charge on any atom is 0.430 e. The number of carbonyl (C=O) groups is 1. The Kier molecular flexibility index (Phi) is 4.13. The standard InChI is InChI=1S/C5H8N2.C2HF3O2/c1-5-3-6-7(2)4-5;3-2(4,5)1(6)7/h3-4H,1-2H3;(H,6,7). The molecule has 0 aliphatic heterocycles. The van der Waals surface area contributed by atoms with Gasteiger partial charge in [0.15, 0.2) is 13.2 Å². The van der Waals surface area contributed by atoms with Gasteiger partial charge in [0.1, 0.15) is 5.97 Å². The molecular weight excluding hydrogens is 201 g/mol. The van der Waals surface area contributed by atoms with E-state index in [1.54, 1.807) is 0 Å².